The molecule has 3 N–H and O–H groups in total. The predicted octanol–water partition coefficient (Wildman–Crippen LogP) is 1.36. The van der Waals surface area contributed by atoms with Gasteiger partial charge in [0, 0.05) is 6.42 Å². The Balaban J connectivity index is 2.26. The maximum Gasteiger partial charge on any atom is 0.287 e. The summed E-state index contributed by atoms with van der Waals surface area (Å²) in [5, 5.41) is 2.18. The van der Waals surface area contributed by atoms with Gasteiger partial charge in [-0.3, -0.25) is 14.4 Å². The van der Waals surface area contributed by atoms with Gasteiger partial charge in [-0.1, -0.05) is 36.4 Å². The van der Waals surface area contributed by atoms with Gasteiger partial charge in [-0.15, -0.1) is 0 Å². The zero-order valence-electron chi connectivity index (χ0n) is 12.5. The highest BCUT2D eigenvalue weighted by atomic mass is 19.1. The van der Waals surface area contributed by atoms with Crippen LogP contribution < -0.4 is 11.1 Å². The van der Waals surface area contributed by atoms with Gasteiger partial charge in [-0.2, -0.15) is 0 Å². The molecule has 24 heavy (non-hydrogen) atoms. The second-order valence-electron chi connectivity index (χ2n) is 5.04. The van der Waals surface area contributed by atoms with Crippen LogP contribution in [0.1, 0.15) is 15.9 Å². The summed E-state index contributed by atoms with van der Waals surface area (Å²) >= 11 is 0. The lowest BCUT2D eigenvalue weighted by atomic mass is 10.0. The number of halogens is 2. The van der Waals surface area contributed by atoms with Crippen LogP contribution in [-0.4, -0.2) is 23.6 Å². The Hall–Kier alpha value is -3.09. The van der Waals surface area contributed by atoms with Crippen molar-refractivity contribution in [1.82, 2.24) is 5.32 Å². The Bertz CT molecular complexity index is 758. The van der Waals surface area contributed by atoms with E-state index in [0.29, 0.717) is 5.56 Å². The Kier molecular flexibility index (Phi) is 5.36. The molecule has 2 aromatic rings. The normalized spacial score (nSPS) is 11.6. The van der Waals surface area contributed by atoms with Crippen molar-refractivity contribution in [3.05, 3.63) is 71.3 Å². The fourth-order valence-corrected chi connectivity index (χ4v) is 2.18. The van der Waals surface area contributed by atoms with Crippen molar-refractivity contribution in [2.75, 3.05) is 0 Å². The molecule has 0 aliphatic carbocycles. The highest BCUT2D eigenvalue weighted by Gasteiger charge is 2.27. The van der Waals surface area contributed by atoms with Crippen LogP contribution in [0.4, 0.5) is 8.78 Å². The lowest BCUT2D eigenvalue weighted by Crippen LogP contribution is -2.47. The molecular weight excluding hydrogens is 318 g/mol. The van der Waals surface area contributed by atoms with Crippen LogP contribution in [0.3, 0.4) is 0 Å². The number of amides is 2. The van der Waals surface area contributed by atoms with Gasteiger partial charge in [0.25, 0.3) is 11.8 Å². The average molecular weight is 332 g/mol. The van der Waals surface area contributed by atoms with Gasteiger partial charge < -0.3 is 11.1 Å². The summed E-state index contributed by atoms with van der Waals surface area (Å²) in [4.78, 5) is 35.2. The van der Waals surface area contributed by atoms with Crippen molar-refractivity contribution in [1.29, 1.82) is 0 Å². The molecule has 5 nitrogen and oxygen atoms in total. The third kappa shape index (κ3) is 4.01. The van der Waals surface area contributed by atoms with E-state index in [2.05, 4.69) is 5.32 Å². The average Bonchev–Trinajstić information content (AvgIpc) is 2.54. The first-order valence-electron chi connectivity index (χ1n) is 7.02. The number of carbonyl (C=O) groups is 3. The minimum atomic E-state index is -1.32. The summed E-state index contributed by atoms with van der Waals surface area (Å²) in [6.07, 6.45) is -0.0373. The van der Waals surface area contributed by atoms with Gasteiger partial charge in [0.15, 0.2) is 0 Å². The van der Waals surface area contributed by atoms with Crippen molar-refractivity contribution in [3.8, 4) is 0 Å². The molecule has 0 aromatic heterocycles. The first-order chi connectivity index (χ1) is 11.4. The van der Waals surface area contributed by atoms with E-state index in [4.69, 9.17) is 5.73 Å². The molecule has 0 aliphatic rings. The molecule has 0 saturated carbocycles. The highest BCUT2D eigenvalue weighted by Crippen LogP contribution is 2.13. The summed E-state index contributed by atoms with van der Waals surface area (Å²) in [5.41, 5.74) is 4.80. The van der Waals surface area contributed by atoms with Crippen molar-refractivity contribution in [3.63, 3.8) is 0 Å². The number of carbonyl (C=O) groups excluding carboxylic acids is 3. The number of primary amides is 1. The van der Waals surface area contributed by atoms with Gasteiger partial charge in [0.05, 0.1) is 0 Å². The lowest BCUT2D eigenvalue weighted by molar-refractivity contribution is -0.137. The molecule has 0 fully saturated rings. The maximum absolute atomic E-state index is 13.7. The number of hydrogen-bond donors (Lipinski definition) is 2. The molecule has 1 atom stereocenters. The summed E-state index contributed by atoms with van der Waals surface area (Å²) in [6.45, 7) is 0. The van der Waals surface area contributed by atoms with E-state index in [9.17, 15) is 23.2 Å². The van der Waals surface area contributed by atoms with E-state index in [-0.39, 0.29) is 6.42 Å². The number of nitrogens with one attached hydrogen (secondary N) is 1. The third-order valence-electron chi connectivity index (χ3n) is 3.34. The molecule has 0 heterocycles. The lowest BCUT2D eigenvalue weighted by Gasteiger charge is -2.17. The van der Waals surface area contributed by atoms with E-state index in [1.54, 1.807) is 30.3 Å². The Morgan fingerprint density at radius 3 is 2.08 bits per heavy atom. The minimum Gasteiger partial charge on any atom is -0.363 e. The summed E-state index contributed by atoms with van der Waals surface area (Å²) in [5.74, 6) is -5.58. The number of ketones is 1. The second kappa shape index (κ2) is 7.45. The molecular formula is C17H14F2N2O3. The van der Waals surface area contributed by atoms with Crippen LogP contribution in [0.15, 0.2) is 48.5 Å². The summed E-state index contributed by atoms with van der Waals surface area (Å²) in [7, 11) is 0. The number of hydrogen-bond acceptors (Lipinski definition) is 3. The smallest absolute Gasteiger partial charge is 0.287 e. The monoisotopic (exact) mass is 332 g/mol. The fraction of sp³-hybridized carbons (Fsp3) is 0.118. The molecule has 0 spiro atoms. The number of nitrogens with two attached hydrogens (primary N) is 1. The van der Waals surface area contributed by atoms with Crippen LogP contribution in [0.5, 0.6) is 0 Å². The zero-order chi connectivity index (χ0) is 17.7. The van der Waals surface area contributed by atoms with Crippen LogP contribution in [0, 0.1) is 11.6 Å². The van der Waals surface area contributed by atoms with Crippen molar-refractivity contribution < 1.29 is 23.2 Å². The van der Waals surface area contributed by atoms with Crippen molar-refractivity contribution >= 4 is 17.6 Å². The van der Waals surface area contributed by atoms with Crippen LogP contribution in [-0.2, 0) is 16.0 Å². The summed E-state index contributed by atoms with van der Waals surface area (Å²) < 4.78 is 27.3. The predicted molar refractivity (Wildman–Crippen MR) is 82.0 cm³/mol. The maximum atomic E-state index is 13.7. The standard InChI is InChI=1S/C17H14F2N2O3/c18-11-7-4-8-12(19)14(11)17(24)21-13(15(22)16(20)23)9-10-5-2-1-3-6-10/h1-8,13H,9H2,(H2,20,23)(H,21,24). The Morgan fingerprint density at radius 2 is 1.54 bits per heavy atom. The van der Waals surface area contributed by atoms with Gasteiger partial charge in [-0.25, -0.2) is 8.78 Å². The highest BCUT2D eigenvalue weighted by molar-refractivity contribution is 6.38. The quantitative estimate of drug-likeness (QED) is 0.783. The van der Waals surface area contributed by atoms with E-state index in [1.165, 1.54) is 0 Å². The van der Waals surface area contributed by atoms with E-state index in [1.807, 2.05) is 0 Å². The fourth-order valence-electron chi connectivity index (χ4n) is 2.18. The molecule has 2 aromatic carbocycles. The first-order valence-corrected chi connectivity index (χ1v) is 7.02. The van der Waals surface area contributed by atoms with Gasteiger partial charge in [0.1, 0.15) is 23.2 Å². The van der Waals surface area contributed by atoms with Crippen LogP contribution in [0.25, 0.3) is 0 Å². The topological polar surface area (TPSA) is 89.3 Å². The van der Waals surface area contributed by atoms with E-state index >= 15 is 0 Å². The Morgan fingerprint density at radius 1 is 0.958 bits per heavy atom. The molecule has 7 heteroatoms. The molecule has 124 valence electrons. The number of Topliss-reactive ketones (excluding diaryl/α,β-unsaturated/α-hetero) is 1. The van der Waals surface area contributed by atoms with Crippen molar-refractivity contribution in [2.24, 2.45) is 5.73 Å². The van der Waals surface area contributed by atoms with Crippen molar-refractivity contribution in [2.45, 2.75) is 12.5 Å². The molecule has 2 amide bonds. The van der Waals surface area contributed by atoms with Crippen LogP contribution in [0.2, 0.25) is 0 Å². The van der Waals surface area contributed by atoms with Crippen LogP contribution >= 0.6 is 0 Å². The van der Waals surface area contributed by atoms with Gasteiger partial charge in [-0.05, 0) is 17.7 Å². The van der Waals surface area contributed by atoms with Gasteiger partial charge >= 0.3 is 0 Å². The molecule has 0 aliphatic heterocycles. The molecule has 0 radical (unpaired) electrons. The minimum absolute atomic E-state index is 0.0373. The zero-order valence-corrected chi connectivity index (χ0v) is 12.5. The Labute approximate surface area is 136 Å². The molecule has 1 unspecified atom stereocenters. The third-order valence-corrected chi connectivity index (χ3v) is 3.34. The SMILES string of the molecule is NC(=O)C(=O)C(Cc1ccccc1)NC(=O)c1c(F)cccc1F. The first kappa shape index (κ1) is 17.3. The number of rotatable bonds is 6. The van der Waals surface area contributed by atoms with Gasteiger partial charge in [0.2, 0.25) is 5.78 Å². The molecule has 2 rings (SSSR count). The number of benzene rings is 2. The molecule has 0 bridgehead atoms. The van der Waals surface area contributed by atoms with E-state index in [0.717, 1.165) is 18.2 Å². The van der Waals surface area contributed by atoms with E-state index < -0.39 is 40.8 Å². The second-order valence-corrected chi connectivity index (χ2v) is 5.04. The largest absolute Gasteiger partial charge is 0.363 e. The summed E-state index contributed by atoms with van der Waals surface area (Å²) in [6, 6.07) is 10.1. The molecule has 0 saturated heterocycles.